The number of alkyl carbamates (subject to hydrolysis) is 1. The van der Waals surface area contributed by atoms with Gasteiger partial charge in [-0.2, -0.15) is 9.05 Å². The van der Waals surface area contributed by atoms with Crippen molar-refractivity contribution < 1.29 is 28.2 Å². The minimum atomic E-state index is -3.56. The molecule has 4 heterocycles. The molecule has 0 bridgehead atoms. The van der Waals surface area contributed by atoms with E-state index < -0.39 is 38.5 Å². The van der Waals surface area contributed by atoms with Crippen molar-refractivity contribution in [1.29, 1.82) is 0 Å². The van der Waals surface area contributed by atoms with Gasteiger partial charge in [0.2, 0.25) is 0 Å². The van der Waals surface area contributed by atoms with Crippen molar-refractivity contribution in [1.82, 2.24) is 24.8 Å². The van der Waals surface area contributed by atoms with Gasteiger partial charge in [-0.1, -0.05) is 12.8 Å². The van der Waals surface area contributed by atoms with Crippen molar-refractivity contribution in [3.05, 3.63) is 12.7 Å². The van der Waals surface area contributed by atoms with Crippen molar-refractivity contribution >= 4 is 38.5 Å². The highest BCUT2D eigenvalue weighted by Crippen LogP contribution is 2.59. The maximum atomic E-state index is 12.5. The summed E-state index contributed by atoms with van der Waals surface area (Å²) < 4.78 is 24.0. The summed E-state index contributed by atoms with van der Waals surface area (Å²) in [6.07, 6.45) is 2.53. The van der Waals surface area contributed by atoms with Crippen LogP contribution in [-0.2, 0) is 18.5 Å². The van der Waals surface area contributed by atoms with Gasteiger partial charge in [-0.05, 0) is 19.4 Å². The third-order valence-corrected chi connectivity index (χ3v) is 6.35. The topological polar surface area (TPSA) is 182 Å². The number of ether oxygens (including phenoxy) is 2. The van der Waals surface area contributed by atoms with E-state index in [-0.39, 0.29) is 12.4 Å². The fourth-order valence-electron chi connectivity index (χ4n) is 3.74. The molecule has 2 aromatic rings. The van der Waals surface area contributed by atoms with Crippen LogP contribution in [0.2, 0.25) is 0 Å². The van der Waals surface area contributed by atoms with Crippen LogP contribution in [0.5, 0.6) is 0 Å². The molecule has 6 N–H and O–H groups in total. The minimum Gasteiger partial charge on any atom is -0.438 e. The van der Waals surface area contributed by atoms with Gasteiger partial charge < -0.3 is 26.3 Å². The number of hydrogen-bond donors (Lipinski definition) is 4. The molecule has 1 unspecified atom stereocenters. The lowest BCUT2D eigenvalue weighted by Gasteiger charge is -2.29. The fourth-order valence-corrected chi connectivity index (χ4v) is 4.76. The van der Waals surface area contributed by atoms with E-state index in [4.69, 9.17) is 37.6 Å². The zero-order valence-corrected chi connectivity index (χ0v) is 18.3. The van der Waals surface area contributed by atoms with Gasteiger partial charge in [0.15, 0.2) is 29.9 Å². The van der Waals surface area contributed by atoms with E-state index in [1.807, 2.05) is 0 Å². The normalized spacial score (nSPS) is 29.7. The summed E-state index contributed by atoms with van der Waals surface area (Å²) in [5, 5.41) is 2.72. The summed E-state index contributed by atoms with van der Waals surface area (Å²) in [4.78, 5) is 35.0. The first-order chi connectivity index (χ1) is 15.4. The van der Waals surface area contributed by atoms with Crippen molar-refractivity contribution in [2.24, 2.45) is 5.73 Å². The molecule has 13 nitrogen and oxygen atoms in total. The Morgan fingerprint density at radius 2 is 2.16 bits per heavy atom. The Kier molecular flexibility index (Phi) is 7.08. The van der Waals surface area contributed by atoms with E-state index in [1.54, 1.807) is 4.57 Å². The summed E-state index contributed by atoms with van der Waals surface area (Å²) >= 11 is 0. The number of anilines is 1. The van der Waals surface area contributed by atoms with Crippen LogP contribution in [-0.4, -0.2) is 76.1 Å². The van der Waals surface area contributed by atoms with Crippen LogP contribution in [0.15, 0.2) is 12.7 Å². The summed E-state index contributed by atoms with van der Waals surface area (Å²) in [6, 6.07) is 0. The van der Waals surface area contributed by atoms with Crippen LogP contribution in [0.25, 0.3) is 11.2 Å². The Bertz CT molecular complexity index is 949. The van der Waals surface area contributed by atoms with Gasteiger partial charge in [-0.15, -0.1) is 0 Å². The second-order valence-corrected chi connectivity index (χ2v) is 9.17. The highest BCUT2D eigenvalue weighted by Gasteiger charge is 2.59. The molecule has 0 aliphatic carbocycles. The Morgan fingerprint density at radius 1 is 1.34 bits per heavy atom. The minimum absolute atomic E-state index is 0.0195. The molecule has 2 fully saturated rings. The van der Waals surface area contributed by atoms with Crippen molar-refractivity contribution in [3.63, 3.8) is 0 Å². The largest absolute Gasteiger partial charge is 0.488 e. The fraction of sp³-hybridized carbons (Fsp3) is 0.647. The number of carbonyl (C=O) groups excluding carboxylic acids is 1. The Hall–Kier alpha value is -2.09. The van der Waals surface area contributed by atoms with Crippen LogP contribution in [0, 0.1) is 0 Å². The van der Waals surface area contributed by atoms with Crippen LogP contribution >= 0.6 is 7.82 Å². The molecule has 5 atom stereocenters. The van der Waals surface area contributed by atoms with E-state index in [2.05, 4.69) is 20.3 Å². The molecule has 4 rings (SSSR count). The maximum Gasteiger partial charge on any atom is 0.488 e. The molecule has 0 saturated carbocycles. The zero-order chi connectivity index (χ0) is 22.7. The number of rotatable bonds is 8. The van der Waals surface area contributed by atoms with E-state index in [1.165, 1.54) is 12.7 Å². The van der Waals surface area contributed by atoms with Crippen LogP contribution in [0.3, 0.4) is 0 Å². The Labute approximate surface area is 186 Å². The molecule has 2 radical (unpaired) electrons. The first kappa shape index (κ1) is 23.1. The Morgan fingerprint density at radius 3 is 2.97 bits per heavy atom. The molecule has 2 aliphatic heterocycles. The number of hydrogen-bond acceptors (Lipinski definition) is 11. The van der Waals surface area contributed by atoms with Gasteiger partial charge in [0.1, 0.15) is 24.6 Å². The number of aromatic nitrogens is 4. The standard InChI is InChI=1S/C17H26BN7O6P/c18-32(27)28-7-10-12(31-32)13(30-17(26)21-6-4-2-1-3-5-19)16(29-10)25-9-24-11-14(20)22-8-23-15(11)25/h8-10,12-13,16,27H,1-7,19H2,(H,21,26)(H2,20,22,23)/q+1/t10-,12+,13+,16-,32?/m1/s1. The number of nitrogen functional groups attached to an aromatic ring is 1. The monoisotopic (exact) mass is 466 g/mol. The van der Waals surface area contributed by atoms with Gasteiger partial charge in [0, 0.05) is 6.54 Å². The maximum absolute atomic E-state index is 12.5. The molecule has 0 spiro atoms. The first-order valence-electron chi connectivity index (χ1n) is 10.4. The Balaban J connectivity index is 1.50. The van der Waals surface area contributed by atoms with Gasteiger partial charge in [-0.3, -0.25) is 4.57 Å². The van der Waals surface area contributed by atoms with Crippen LogP contribution < -0.4 is 16.8 Å². The molecule has 2 aliphatic rings. The summed E-state index contributed by atoms with van der Waals surface area (Å²) in [5.41, 5.74) is 12.1. The van der Waals surface area contributed by atoms with Gasteiger partial charge in [-0.25, -0.2) is 24.6 Å². The van der Waals surface area contributed by atoms with E-state index in [9.17, 15) is 9.69 Å². The van der Waals surface area contributed by atoms with E-state index in [0.29, 0.717) is 24.3 Å². The average molecular weight is 466 g/mol. The third kappa shape index (κ3) is 4.95. The van der Waals surface area contributed by atoms with E-state index >= 15 is 0 Å². The van der Waals surface area contributed by atoms with Crippen molar-refractivity contribution in [2.75, 3.05) is 25.4 Å². The molecule has 32 heavy (non-hydrogen) atoms. The lowest BCUT2D eigenvalue weighted by molar-refractivity contribution is -0.0606. The average Bonchev–Trinajstić information content (AvgIpc) is 3.32. The van der Waals surface area contributed by atoms with Gasteiger partial charge >= 0.3 is 21.5 Å². The number of amides is 1. The third-order valence-electron chi connectivity index (χ3n) is 5.29. The lowest BCUT2D eigenvalue weighted by Crippen LogP contribution is -2.44. The number of fused-ring (bicyclic) bond motifs is 2. The van der Waals surface area contributed by atoms with Gasteiger partial charge in [0.05, 0.1) is 6.33 Å². The predicted molar refractivity (Wildman–Crippen MR) is 115 cm³/mol. The second kappa shape index (κ2) is 9.81. The van der Waals surface area contributed by atoms with Crippen molar-refractivity contribution in [3.8, 4) is 0 Å². The highest BCUT2D eigenvalue weighted by molar-refractivity contribution is 7.85. The molecule has 172 valence electrons. The summed E-state index contributed by atoms with van der Waals surface area (Å²) in [7, 11) is 2.13. The molecule has 1 amide bonds. The molecule has 0 aromatic carbocycles. The highest BCUT2D eigenvalue weighted by atomic mass is 31.2. The smallest absolute Gasteiger partial charge is 0.438 e. The second-order valence-electron chi connectivity index (χ2n) is 7.58. The number of carbonyl (C=O) groups is 1. The predicted octanol–water partition coefficient (Wildman–Crippen LogP) is 0.174. The zero-order valence-electron chi connectivity index (χ0n) is 17.4. The quantitative estimate of drug-likeness (QED) is 0.236. The number of imidazole rings is 1. The number of nitrogens with zero attached hydrogens (tertiary/aromatic N) is 4. The SMILES string of the molecule is [B][P+]1(O)OC[C@H]2O[C@@H](n3cnc4c(N)ncnc43)[C@@H](OC(=O)NCCCCCCN)[C@H]2O1. The molecule has 2 aromatic heterocycles. The number of nitrogens with two attached hydrogens (primary N) is 2. The summed E-state index contributed by atoms with van der Waals surface area (Å²) in [6.45, 7) is 1.08. The number of unbranched alkanes of at least 4 members (excludes halogenated alkanes) is 3. The number of nitrogens with one attached hydrogen (secondary N) is 1. The molecular formula is C17H26BN7O6P+. The van der Waals surface area contributed by atoms with Gasteiger partial charge in [0.25, 0.3) is 0 Å². The molecule has 15 heteroatoms. The van der Waals surface area contributed by atoms with Crippen LogP contribution in [0.1, 0.15) is 31.9 Å². The summed E-state index contributed by atoms with van der Waals surface area (Å²) in [5.74, 6) is 0.204. The molecular weight excluding hydrogens is 440 g/mol. The molecule has 2 saturated heterocycles. The van der Waals surface area contributed by atoms with Crippen molar-refractivity contribution in [2.45, 2.75) is 50.2 Å². The van der Waals surface area contributed by atoms with Crippen LogP contribution in [0.4, 0.5) is 10.6 Å². The van der Waals surface area contributed by atoms with E-state index in [0.717, 1.165) is 25.7 Å². The first-order valence-corrected chi connectivity index (χ1v) is 12.0. The lowest BCUT2D eigenvalue weighted by atomic mass is 10.1.